The number of fused-ring (bicyclic) bond motifs is 2. The van der Waals surface area contributed by atoms with Gasteiger partial charge in [0, 0.05) is 19.1 Å². The van der Waals surface area contributed by atoms with Crippen LogP contribution in [0.5, 0.6) is 0 Å². The van der Waals surface area contributed by atoms with E-state index in [-0.39, 0.29) is 24.0 Å². The van der Waals surface area contributed by atoms with Crippen molar-refractivity contribution >= 4 is 5.91 Å². The van der Waals surface area contributed by atoms with Crippen molar-refractivity contribution in [2.75, 3.05) is 6.61 Å². The molecular formula is C16H29NO2. The van der Waals surface area contributed by atoms with E-state index in [0.717, 1.165) is 11.8 Å². The molecule has 0 heterocycles. The second-order valence-electron chi connectivity index (χ2n) is 7.64. The number of nitrogens with one attached hydrogen (secondary N) is 1. The fourth-order valence-electron chi connectivity index (χ4n) is 3.97. The standard InChI is InChI=1S/C16H29NO2/c1-16(2,3)14(6-7-18)17-15(19)10-13-9-11-4-5-12(13)8-11/h11-14,18H,4-10H2,1-3H3,(H,17,19). The van der Waals surface area contributed by atoms with Gasteiger partial charge in [0.15, 0.2) is 0 Å². The van der Waals surface area contributed by atoms with Crippen LogP contribution >= 0.6 is 0 Å². The van der Waals surface area contributed by atoms with Crippen molar-refractivity contribution in [3.63, 3.8) is 0 Å². The first-order chi connectivity index (χ1) is 8.90. The summed E-state index contributed by atoms with van der Waals surface area (Å²) in [6.45, 7) is 6.48. The molecule has 2 aliphatic carbocycles. The third kappa shape index (κ3) is 3.71. The van der Waals surface area contributed by atoms with Gasteiger partial charge in [-0.05, 0) is 48.9 Å². The first-order valence-corrected chi connectivity index (χ1v) is 7.80. The summed E-state index contributed by atoms with van der Waals surface area (Å²) in [5.41, 5.74) is 0.00701. The molecule has 2 rings (SSSR count). The molecule has 3 nitrogen and oxygen atoms in total. The summed E-state index contributed by atoms with van der Waals surface area (Å²) in [7, 11) is 0. The Morgan fingerprint density at radius 2 is 2.05 bits per heavy atom. The molecule has 1 amide bonds. The van der Waals surface area contributed by atoms with Crippen LogP contribution in [-0.2, 0) is 4.79 Å². The summed E-state index contributed by atoms with van der Waals surface area (Å²) >= 11 is 0. The molecule has 2 N–H and O–H groups in total. The van der Waals surface area contributed by atoms with Crippen molar-refractivity contribution in [3.05, 3.63) is 0 Å². The van der Waals surface area contributed by atoms with Gasteiger partial charge in [0.2, 0.25) is 5.91 Å². The van der Waals surface area contributed by atoms with E-state index in [4.69, 9.17) is 5.11 Å². The Hall–Kier alpha value is -0.570. The van der Waals surface area contributed by atoms with Crippen LogP contribution < -0.4 is 5.32 Å². The van der Waals surface area contributed by atoms with Crippen molar-refractivity contribution in [3.8, 4) is 0 Å². The lowest BCUT2D eigenvalue weighted by Crippen LogP contribution is -2.44. The number of carbonyl (C=O) groups is 1. The fourth-order valence-corrected chi connectivity index (χ4v) is 3.97. The number of hydrogen-bond acceptors (Lipinski definition) is 2. The van der Waals surface area contributed by atoms with Crippen LogP contribution in [-0.4, -0.2) is 23.7 Å². The van der Waals surface area contributed by atoms with Crippen molar-refractivity contribution in [1.82, 2.24) is 5.32 Å². The molecule has 110 valence electrons. The lowest BCUT2D eigenvalue weighted by atomic mass is 9.83. The number of amides is 1. The lowest BCUT2D eigenvalue weighted by molar-refractivity contribution is -0.124. The van der Waals surface area contributed by atoms with Gasteiger partial charge in [-0.2, -0.15) is 0 Å². The van der Waals surface area contributed by atoms with E-state index in [1.807, 2.05) is 0 Å². The van der Waals surface area contributed by atoms with Gasteiger partial charge in [-0.1, -0.05) is 27.2 Å². The molecule has 0 saturated heterocycles. The van der Waals surface area contributed by atoms with Crippen molar-refractivity contribution in [2.45, 2.75) is 65.3 Å². The molecule has 4 unspecified atom stereocenters. The van der Waals surface area contributed by atoms with Gasteiger partial charge in [0.25, 0.3) is 0 Å². The molecule has 2 bridgehead atoms. The molecule has 3 heteroatoms. The molecule has 0 radical (unpaired) electrons. The second kappa shape index (κ2) is 5.82. The molecule has 19 heavy (non-hydrogen) atoms. The molecule has 0 aliphatic heterocycles. The number of rotatable bonds is 5. The zero-order valence-corrected chi connectivity index (χ0v) is 12.6. The van der Waals surface area contributed by atoms with Gasteiger partial charge < -0.3 is 10.4 Å². The summed E-state index contributed by atoms with van der Waals surface area (Å²) in [6, 6.07) is 0.0728. The van der Waals surface area contributed by atoms with E-state index in [1.54, 1.807) is 0 Å². The Bertz CT molecular complexity index is 321. The van der Waals surface area contributed by atoms with Crippen LogP contribution in [0.1, 0.15) is 59.3 Å². The molecule has 0 aromatic heterocycles. The van der Waals surface area contributed by atoms with Crippen molar-refractivity contribution in [1.29, 1.82) is 0 Å². The molecule has 0 aromatic rings. The van der Waals surface area contributed by atoms with E-state index in [0.29, 0.717) is 18.8 Å². The first-order valence-electron chi connectivity index (χ1n) is 7.80. The molecule has 2 aliphatic rings. The molecule has 4 atom stereocenters. The molecule has 0 spiro atoms. The van der Waals surface area contributed by atoms with Gasteiger partial charge in [-0.25, -0.2) is 0 Å². The minimum Gasteiger partial charge on any atom is -0.396 e. The fraction of sp³-hybridized carbons (Fsp3) is 0.938. The highest BCUT2D eigenvalue weighted by atomic mass is 16.3. The van der Waals surface area contributed by atoms with Crippen molar-refractivity contribution in [2.24, 2.45) is 23.2 Å². The maximum atomic E-state index is 12.2. The SMILES string of the molecule is CC(C)(C)C(CCO)NC(=O)CC1CC2CCC1C2. The summed E-state index contributed by atoms with van der Waals surface area (Å²) in [4.78, 5) is 12.2. The van der Waals surface area contributed by atoms with E-state index >= 15 is 0 Å². The van der Waals surface area contributed by atoms with Crippen LogP contribution in [0.4, 0.5) is 0 Å². The normalized spacial score (nSPS) is 31.5. The number of aliphatic hydroxyl groups is 1. The number of hydrogen-bond donors (Lipinski definition) is 2. The van der Waals surface area contributed by atoms with Crippen LogP contribution in [0.2, 0.25) is 0 Å². The zero-order chi connectivity index (χ0) is 14.0. The van der Waals surface area contributed by atoms with Crippen LogP contribution in [0, 0.1) is 23.2 Å². The maximum absolute atomic E-state index is 12.2. The van der Waals surface area contributed by atoms with Gasteiger partial charge in [0.05, 0.1) is 0 Å². The number of carbonyl (C=O) groups excluding carboxylic acids is 1. The smallest absolute Gasteiger partial charge is 0.220 e. The van der Waals surface area contributed by atoms with Gasteiger partial charge in [-0.15, -0.1) is 0 Å². The largest absolute Gasteiger partial charge is 0.396 e. The highest BCUT2D eigenvalue weighted by Crippen LogP contribution is 2.49. The Labute approximate surface area is 117 Å². The Morgan fingerprint density at radius 1 is 1.32 bits per heavy atom. The number of aliphatic hydroxyl groups excluding tert-OH is 1. The van der Waals surface area contributed by atoms with Crippen LogP contribution in [0.25, 0.3) is 0 Å². The summed E-state index contributed by atoms with van der Waals surface area (Å²) in [5, 5.41) is 12.3. The highest BCUT2D eigenvalue weighted by Gasteiger charge is 2.40. The van der Waals surface area contributed by atoms with Crippen LogP contribution in [0.15, 0.2) is 0 Å². The zero-order valence-electron chi connectivity index (χ0n) is 12.6. The van der Waals surface area contributed by atoms with Crippen molar-refractivity contribution < 1.29 is 9.90 Å². The maximum Gasteiger partial charge on any atom is 0.220 e. The van der Waals surface area contributed by atoms with Gasteiger partial charge in [0.1, 0.15) is 0 Å². The minimum absolute atomic E-state index is 0.00701. The monoisotopic (exact) mass is 267 g/mol. The lowest BCUT2D eigenvalue weighted by Gasteiger charge is -2.32. The molecule has 0 aromatic carbocycles. The summed E-state index contributed by atoms with van der Waals surface area (Å²) in [6.07, 6.45) is 6.68. The predicted octanol–water partition coefficient (Wildman–Crippen LogP) is 2.73. The average Bonchev–Trinajstić information content (AvgIpc) is 2.89. The van der Waals surface area contributed by atoms with E-state index in [9.17, 15) is 4.79 Å². The predicted molar refractivity (Wildman–Crippen MR) is 76.6 cm³/mol. The topological polar surface area (TPSA) is 49.3 Å². The Kier molecular flexibility index (Phi) is 4.54. The first kappa shape index (κ1) is 14.8. The second-order valence-corrected chi connectivity index (χ2v) is 7.64. The average molecular weight is 267 g/mol. The Balaban J connectivity index is 1.82. The minimum atomic E-state index is 0.00701. The van der Waals surface area contributed by atoms with Gasteiger partial charge in [-0.3, -0.25) is 4.79 Å². The molecule has 2 saturated carbocycles. The highest BCUT2D eigenvalue weighted by molar-refractivity contribution is 5.76. The third-order valence-corrected chi connectivity index (χ3v) is 5.13. The Morgan fingerprint density at radius 3 is 2.53 bits per heavy atom. The molecular weight excluding hydrogens is 238 g/mol. The van der Waals surface area contributed by atoms with E-state index < -0.39 is 0 Å². The van der Waals surface area contributed by atoms with Crippen LogP contribution in [0.3, 0.4) is 0 Å². The van der Waals surface area contributed by atoms with Gasteiger partial charge >= 0.3 is 0 Å². The molecule has 2 fully saturated rings. The van der Waals surface area contributed by atoms with E-state index in [1.165, 1.54) is 25.7 Å². The van der Waals surface area contributed by atoms with E-state index in [2.05, 4.69) is 26.1 Å². The summed E-state index contributed by atoms with van der Waals surface area (Å²) in [5.74, 6) is 2.51. The summed E-state index contributed by atoms with van der Waals surface area (Å²) < 4.78 is 0. The quantitative estimate of drug-likeness (QED) is 0.804. The third-order valence-electron chi connectivity index (χ3n) is 5.13.